The molecule has 1 heteroatoms. The number of benzene rings is 1. The van der Waals surface area contributed by atoms with Gasteiger partial charge in [0, 0.05) is 25.1 Å². The zero-order valence-electron chi connectivity index (χ0n) is 17.0. The summed E-state index contributed by atoms with van der Waals surface area (Å²) in [4.78, 5) is 2.55. The van der Waals surface area contributed by atoms with Gasteiger partial charge < -0.3 is 0 Å². The van der Waals surface area contributed by atoms with Gasteiger partial charge in [0.1, 0.15) is 0 Å². The van der Waals surface area contributed by atoms with Gasteiger partial charge >= 0.3 is 0 Å². The van der Waals surface area contributed by atoms with E-state index in [1.807, 2.05) is 0 Å². The second kappa shape index (κ2) is 10.4. The van der Waals surface area contributed by atoms with Crippen LogP contribution in [0, 0.1) is 17.3 Å². The van der Waals surface area contributed by atoms with Crippen molar-refractivity contribution in [3.63, 3.8) is 0 Å². The zero-order valence-corrected chi connectivity index (χ0v) is 17.0. The van der Waals surface area contributed by atoms with Crippen molar-refractivity contribution in [2.75, 3.05) is 19.6 Å². The summed E-state index contributed by atoms with van der Waals surface area (Å²) in [6, 6.07) is 8.81. The maximum atomic E-state index is 3.95. The molecule has 1 heterocycles. The van der Waals surface area contributed by atoms with E-state index < -0.39 is 0 Å². The number of unbranched alkanes of at least 4 members (excludes halogenated alkanes) is 3. The van der Waals surface area contributed by atoms with Crippen molar-refractivity contribution in [2.24, 2.45) is 5.41 Å². The first-order valence-corrected chi connectivity index (χ1v) is 10.2. The lowest BCUT2D eigenvalue weighted by Crippen LogP contribution is -2.31. The van der Waals surface area contributed by atoms with Gasteiger partial charge in [-0.2, -0.15) is 0 Å². The summed E-state index contributed by atoms with van der Waals surface area (Å²) in [7, 11) is 0. The van der Waals surface area contributed by atoms with Gasteiger partial charge in [-0.3, -0.25) is 4.90 Å². The van der Waals surface area contributed by atoms with Crippen LogP contribution in [0.2, 0.25) is 0 Å². The van der Waals surface area contributed by atoms with Crippen LogP contribution in [0.5, 0.6) is 0 Å². The van der Waals surface area contributed by atoms with E-state index in [9.17, 15) is 0 Å². The zero-order chi connectivity index (χ0) is 18.8. The first-order valence-electron chi connectivity index (χ1n) is 10.2. The predicted molar refractivity (Wildman–Crippen MR) is 115 cm³/mol. The molecule has 1 aliphatic heterocycles. The van der Waals surface area contributed by atoms with Gasteiger partial charge in [-0.05, 0) is 54.5 Å². The molecule has 0 spiro atoms. The lowest BCUT2D eigenvalue weighted by molar-refractivity contribution is 0.260. The molecule has 1 nitrogen and oxygen atoms in total. The Labute approximate surface area is 161 Å². The minimum Gasteiger partial charge on any atom is -0.299 e. The summed E-state index contributed by atoms with van der Waals surface area (Å²) in [5.74, 6) is 6.59. The largest absolute Gasteiger partial charge is 0.299 e. The van der Waals surface area contributed by atoms with Crippen LogP contribution in [0.1, 0.15) is 70.4 Å². The molecule has 0 unspecified atom stereocenters. The molecule has 0 N–H and O–H groups in total. The van der Waals surface area contributed by atoms with Crippen molar-refractivity contribution in [3.8, 4) is 11.8 Å². The standard InChI is InChI=1S/C25H35N/c1-5-7-8-9-10-11-22-12-14-23(15-13-22)24-16-19-26(20-17-24)21-18-25(3,4)6-2/h6,12-16H,2,5,7-9,17-21H2,1,3-4H3. The van der Waals surface area contributed by atoms with Crippen LogP contribution >= 0.6 is 0 Å². The van der Waals surface area contributed by atoms with E-state index in [-0.39, 0.29) is 5.41 Å². The second-order valence-corrected chi connectivity index (χ2v) is 8.06. The summed E-state index contributed by atoms with van der Waals surface area (Å²) in [6.07, 6.45) is 11.6. The number of hydrogen-bond donors (Lipinski definition) is 0. The highest BCUT2D eigenvalue weighted by atomic mass is 15.1. The minimum absolute atomic E-state index is 0.234. The Kier molecular flexibility index (Phi) is 8.20. The molecule has 0 saturated heterocycles. The number of nitrogens with zero attached hydrogens (tertiary/aromatic N) is 1. The number of allylic oxidation sites excluding steroid dienone is 1. The summed E-state index contributed by atoms with van der Waals surface area (Å²) in [6.45, 7) is 14.1. The Morgan fingerprint density at radius 3 is 2.58 bits per heavy atom. The SMILES string of the molecule is C=CC(C)(C)CCN1CC=C(c2ccc(C#CCCCCC)cc2)CC1. The van der Waals surface area contributed by atoms with Crippen LogP contribution in [0.3, 0.4) is 0 Å². The topological polar surface area (TPSA) is 3.24 Å². The Bertz CT molecular complexity index is 652. The molecule has 140 valence electrons. The van der Waals surface area contributed by atoms with Gasteiger partial charge in [0.15, 0.2) is 0 Å². The molecule has 0 radical (unpaired) electrons. The van der Waals surface area contributed by atoms with Gasteiger partial charge in [0.05, 0.1) is 0 Å². The molecule has 2 rings (SSSR count). The molecule has 1 aromatic rings. The summed E-state index contributed by atoms with van der Waals surface area (Å²) in [5, 5.41) is 0. The fourth-order valence-electron chi connectivity index (χ4n) is 3.12. The molecule has 0 aromatic heterocycles. The lowest BCUT2D eigenvalue weighted by atomic mass is 9.89. The van der Waals surface area contributed by atoms with E-state index in [0.29, 0.717) is 0 Å². The maximum absolute atomic E-state index is 3.95. The molecule has 1 aromatic carbocycles. The van der Waals surface area contributed by atoms with Gasteiger partial charge in [0.25, 0.3) is 0 Å². The number of hydrogen-bond acceptors (Lipinski definition) is 1. The van der Waals surface area contributed by atoms with Crippen molar-refractivity contribution in [1.29, 1.82) is 0 Å². The van der Waals surface area contributed by atoms with Crippen LogP contribution in [0.15, 0.2) is 43.0 Å². The van der Waals surface area contributed by atoms with Crippen LogP contribution < -0.4 is 0 Å². The number of rotatable bonds is 8. The van der Waals surface area contributed by atoms with Crippen LogP contribution in [-0.4, -0.2) is 24.5 Å². The molecular weight excluding hydrogens is 314 g/mol. The molecular formula is C25H35N. The molecule has 1 aliphatic rings. The Morgan fingerprint density at radius 1 is 1.19 bits per heavy atom. The second-order valence-electron chi connectivity index (χ2n) is 8.06. The first kappa shape index (κ1) is 20.5. The predicted octanol–water partition coefficient (Wildman–Crippen LogP) is 6.31. The summed E-state index contributed by atoms with van der Waals surface area (Å²) < 4.78 is 0. The fourth-order valence-corrected chi connectivity index (χ4v) is 3.12. The van der Waals surface area contributed by atoms with Crippen molar-refractivity contribution in [2.45, 2.75) is 59.3 Å². The van der Waals surface area contributed by atoms with Crippen LogP contribution in [0.25, 0.3) is 5.57 Å². The Morgan fingerprint density at radius 2 is 1.96 bits per heavy atom. The third-order valence-electron chi connectivity index (χ3n) is 5.31. The van der Waals surface area contributed by atoms with Crippen molar-refractivity contribution in [3.05, 3.63) is 54.1 Å². The van der Waals surface area contributed by atoms with E-state index in [2.05, 4.69) is 80.5 Å². The molecule has 0 saturated carbocycles. The van der Waals surface area contributed by atoms with Crippen LogP contribution in [-0.2, 0) is 0 Å². The highest BCUT2D eigenvalue weighted by Gasteiger charge is 2.17. The molecule has 0 fully saturated rings. The quantitative estimate of drug-likeness (QED) is 0.302. The van der Waals surface area contributed by atoms with Gasteiger partial charge in [-0.25, -0.2) is 0 Å². The van der Waals surface area contributed by atoms with E-state index in [1.165, 1.54) is 36.8 Å². The monoisotopic (exact) mass is 349 g/mol. The van der Waals surface area contributed by atoms with E-state index in [4.69, 9.17) is 0 Å². The molecule has 0 atom stereocenters. The Hall–Kier alpha value is -1.78. The third-order valence-corrected chi connectivity index (χ3v) is 5.31. The molecule has 0 aliphatic carbocycles. The summed E-state index contributed by atoms with van der Waals surface area (Å²) >= 11 is 0. The van der Waals surface area contributed by atoms with E-state index in [1.54, 1.807) is 0 Å². The smallest absolute Gasteiger partial charge is 0.0245 e. The van der Waals surface area contributed by atoms with Crippen molar-refractivity contribution in [1.82, 2.24) is 4.90 Å². The highest BCUT2D eigenvalue weighted by Crippen LogP contribution is 2.25. The average Bonchev–Trinajstić information content (AvgIpc) is 2.67. The minimum atomic E-state index is 0.234. The average molecular weight is 350 g/mol. The van der Waals surface area contributed by atoms with Crippen molar-refractivity contribution >= 4 is 5.57 Å². The normalized spacial score (nSPS) is 15.1. The van der Waals surface area contributed by atoms with Crippen molar-refractivity contribution < 1.29 is 0 Å². The highest BCUT2D eigenvalue weighted by molar-refractivity contribution is 5.67. The van der Waals surface area contributed by atoms with Gasteiger partial charge in [0.2, 0.25) is 0 Å². The van der Waals surface area contributed by atoms with Crippen LogP contribution in [0.4, 0.5) is 0 Å². The molecule has 26 heavy (non-hydrogen) atoms. The lowest BCUT2D eigenvalue weighted by Gasteiger charge is -2.29. The summed E-state index contributed by atoms with van der Waals surface area (Å²) in [5.41, 5.74) is 4.20. The Balaban J connectivity index is 1.85. The van der Waals surface area contributed by atoms with Gasteiger partial charge in [-0.1, -0.05) is 69.7 Å². The van der Waals surface area contributed by atoms with E-state index >= 15 is 0 Å². The molecule has 0 amide bonds. The third kappa shape index (κ3) is 6.85. The molecule has 0 bridgehead atoms. The first-order chi connectivity index (χ1) is 12.5. The fraction of sp³-hybridized carbons (Fsp3) is 0.520. The maximum Gasteiger partial charge on any atom is 0.0245 e. The van der Waals surface area contributed by atoms with Gasteiger partial charge in [-0.15, -0.1) is 6.58 Å². The van der Waals surface area contributed by atoms with E-state index in [0.717, 1.165) is 38.0 Å².